The van der Waals surface area contributed by atoms with Crippen molar-refractivity contribution < 1.29 is 4.74 Å². The third-order valence-electron chi connectivity index (χ3n) is 2.79. The van der Waals surface area contributed by atoms with E-state index >= 15 is 0 Å². The Bertz CT molecular complexity index is 337. The van der Waals surface area contributed by atoms with E-state index in [0.717, 1.165) is 26.2 Å². The van der Waals surface area contributed by atoms with Gasteiger partial charge in [-0.05, 0) is 6.42 Å². The van der Waals surface area contributed by atoms with Crippen LogP contribution in [0.15, 0.2) is 5.38 Å². The smallest absolute Gasteiger partial charge is 0.107 e. The number of rotatable bonds is 3. The predicted molar refractivity (Wildman–Crippen MR) is 66.9 cm³/mol. The van der Waals surface area contributed by atoms with Crippen molar-refractivity contribution in [1.82, 2.24) is 10.3 Å². The number of thiazole rings is 1. The normalized spacial score (nSPS) is 21.6. The molecule has 16 heavy (non-hydrogen) atoms. The van der Waals surface area contributed by atoms with Crippen LogP contribution < -0.4 is 5.32 Å². The fourth-order valence-electron chi connectivity index (χ4n) is 1.66. The van der Waals surface area contributed by atoms with Crippen molar-refractivity contribution in [3.05, 3.63) is 16.1 Å². The molecule has 0 spiro atoms. The van der Waals surface area contributed by atoms with E-state index in [4.69, 9.17) is 4.74 Å². The first kappa shape index (κ1) is 12.0. The van der Waals surface area contributed by atoms with E-state index in [-0.39, 0.29) is 5.41 Å². The van der Waals surface area contributed by atoms with Crippen LogP contribution in [0, 0.1) is 0 Å². The number of nitrogens with zero attached hydrogens (tertiary/aromatic N) is 1. The van der Waals surface area contributed by atoms with Crippen LogP contribution in [0.4, 0.5) is 0 Å². The van der Waals surface area contributed by atoms with Gasteiger partial charge in [-0.2, -0.15) is 0 Å². The quantitative estimate of drug-likeness (QED) is 0.880. The summed E-state index contributed by atoms with van der Waals surface area (Å²) >= 11 is 1.75. The van der Waals surface area contributed by atoms with E-state index in [1.165, 1.54) is 10.7 Å². The van der Waals surface area contributed by atoms with Crippen molar-refractivity contribution >= 4 is 11.3 Å². The van der Waals surface area contributed by atoms with Gasteiger partial charge >= 0.3 is 0 Å². The van der Waals surface area contributed by atoms with Gasteiger partial charge in [0.05, 0.1) is 12.3 Å². The molecule has 0 aromatic carbocycles. The Kier molecular flexibility index (Phi) is 3.62. The molecule has 1 aromatic heterocycles. The molecule has 1 aromatic rings. The summed E-state index contributed by atoms with van der Waals surface area (Å²) in [5.41, 5.74) is 1.35. The molecule has 1 unspecified atom stereocenters. The Hall–Kier alpha value is -0.450. The summed E-state index contributed by atoms with van der Waals surface area (Å²) in [6.07, 6.45) is 1.12. The highest BCUT2D eigenvalue weighted by Gasteiger charge is 2.18. The van der Waals surface area contributed by atoms with Crippen molar-refractivity contribution in [1.29, 1.82) is 0 Å². The molecule has 1 fully saturated rings. The predicted octanol–water partition coefficient (Wildman–Crippen LogP) is 2.32. The van der Waals surface area contributed by atoms with Gasteiger partial charge in [0.15, 0.2) is 0 Å². The van der Waals surface area contributed by atoms with Gasteiger partial charge in [0.25, 0.3) is 0 Å². The largest absolute Gasteiger partial charge is 0.380 e. The number of nitrogens with one attached hydrogen (secondary N) is 1. The Morgan fingerprint density at radius 1 is 1.56 bits per heavy atom. The van der Waals surface area contributed by atoms with Gasteiger partial charge in [-0.1, -0.05) is 20.8 Å². The molecular weight excluding hydrogens is 220 g/mol. The van der Waals surface area contributed by atoms with Crippen molar-refractivity contribution in [3.63, 3.8) is 0 Å². The standard InChI is InChI=1S/C12H20N2OS/c1-12(2,3)10-8-16-11(14-10)6-13-9-4-5-15-7-9/h8-9,13H,4-7H2,1-3H3. The lowest BCUT2D eigenvalue weighted by molar-refractivity contribution is 0.190. The van der Waals surface area contributed by atoms with Gasteiger partial charge in [0.1, 0.15) is 5.01 Å². The Morgan fingerprint density at radius 3 is 2.94 bits per heavy atom. The van der Waals surface area contributed by atoms with Gasteiger partial charge < -0.3 is 10.1 Å². The average molecular weight is 240 g/mol. The summed E-state index contributed by atoms with van der Waals surface area (Å²) in [4.78, 5) is 4.66. The summed E-state index contributed by atoms with van der Waals surface area (Å²) in [5.74, 6) is 0. The van der Waals surface area contributed by atoms with Gasteiger partial charge in [0, 0.05) is 30.0 Å². The second-order valence-corrected chi connectivity index (χ2v) is 6.26. The monoisotopic (exact) mass is 240 g/mol. The van der Waals surface area contributed by atoms with Crippen LogP contribution in [-0.4, -0.2) is 24.2 Å². The molecule has 2 heterocycles. The lowest BCUT2D eigenvalue weighted by Crippen LogP contribution is -2.28. The molecule has 0 saturated carbocycles. The number of ether oxygens (including phenoxy) is 1. The minimum Gasteiger partial charge on any atom is -0.380 e. The lowest BCUT2D eigenvalue weighted by atomic mass is 9.93. The SMILES string of the molecule is CC(C)(C)c1csc(CNC2CCOC2)n1. The molecular formula is C12H20N2OS. The van der Waals surface area contributed by atoms with Crippen LogP contribution >= 0.6 is 11.3 Å². The molecule has 4 heteroatoms. The second-order valence-electron chi connectivity index (χ2n) is 5.32. The Morgan fingerprint density at radius 2 is 2.38 bits per heavy atom. The minimum atomic E-state index is 0.158. The number of hydrogen-bond donors (Lipinski definition) is 1. The minimum absolute atomic E-state index is 0.158. The second kappa shape index (κ2) is 4.82. The van der Waals surface area contributed by atoms with Gasteiger partial charge in [0.2, 0.25) is 0 Å². The van der Waals surface area contributed by atoms with Crippen LogP contribution in [0.1, 0.15) is 37.9 Å². The summed E-state index contributed by atoms with van der Waals surface area (Å²) < 4.78 is 5.33. The average Bonchev–Trinajstić information content (AvgIpc) is 2.85. The lowest BCUT2D eigenvalue weighted by Gasteiger charge is -2.14. The first-order valence-electron chi connectivity index (χ1n) is 5.82. The third kappa shape index (κ3) is 3.03. The molecule has 0 bridgehead atoms. The molecule has 1 N–H and O–H groups in total. The molecule has 1 atom stereocenters. The van der Waals surface area contributed by atoms with E-state index in [0.29, 0.717) is 6.04 Å². The van der Waals surface area contributed by atoms with Crippen LogP contribution in [0.25, 0.3) is 0 Å². The zero-order chi connectivity index (χ0) is 11.6. The first-order chi connectivity index (χ1) is 7.55. The van der Waals surface area contributed by atoms with E-state index < -0.39 is 0 Å². The summed E-state index contributed by atoms with van der Waals surface area (Å²) in [7, 11) is 0. The van der Waals surface area contributed by atoms with Gasteiger partial charge in [-0.15, -0.1) is 11.3 Å². The van der Waals surface area contributed by atoms with Crippen molar-refractivity contribution in [2.24, 2.45) is 0 Å². The molecule has 0 amide bonds. The highest BCUT2D eigenvalue weighted by atomic mass is 32.1. The third-order valence-corrected chi connectivity index (χ3v) is 3.64. The van der Waals surface area contributed by atoms with Crippen LogP contribution in [0.5, 0.6) is 0 Å². The molecule has 3 nitrogen and oxygen atoms in total. The maximum absolute atomic E-state index is 5.33. The van der Waals surface area contributed by atoms with Crippen molar-refractivity contribution in [2.45, 2.75) is 45.2 Å². The van der Waals surface area contributed by atoms with Gasteiger partial charge in [-0.25, -0.2) is 4.98 Å². The van der Waals surface area contributed by atoms with E-state index in [1.54, 1.807) is 11.3 Å². The molecule has 0 aliphatic carbocycles. The fourth-order valence-corrected chi connectivity index (χ4v) is 2.64. The number of aromatic nitrogens is 1. The van der Waals surface area contributed by atoms with E-state index in [1.807, 2.05) is 0 Å². The first-order valence-corrected chi connectivity index (χ1v) is 6.69. The van der Waals surface area contributed by atoms with Gasteiger partial charge in [-0.3, -0.25) is 0 Å². The van der Waals surface area contributed by atoms with Crippen molar-refractivity contribution in [2.75, 3.05) is 13.2 Å². The maximum atomic E-state index is 5.33. The molecule has 1 saturated heterocycles. The van der Waals surface area contributed by atoms with Crippen molar-refractivity contribution in [3.8, 4) is 0 Å². The molecule has 1 aliphatic rings. The Balaban J connectivity index is 1.87. The summed E-state index contributed by atoms with van der Waals surface area (Å²) in [6.45, 7) is 9.20. The van der Waals surface area contributed by atoms with E-state index in [2.05, 4.69) is 36.5 Å². The molecule has 0 radical (unpaired) electrons. The van der Waals surface area contributed by atoms with Crippen LogP contribution in [-0.2, 0) is 16.7 Å². The topological polar surface area (TPSA) is 34.1 Å². The van der Waals surface area contributed by atoms with Crippen LogP contribution in [0.2, 0.25) is 0 Å². The summed E-state index contributed by atoms with van der Waals surface area (Å²) in [5, 5.41) is 6.83. The van der Waals surface area contributed by atoms with Crippen LogP contribution in [0.3, 0.4) is 0 Å². The maximum Gasteiger partial charge on any atom is 0.107 e. The summed E-state index contributed by atoms with van der Waals surface area (Å²) in [6, 6.07) is 0.516. The zero-order valence-electron chi connectivity index (χ0n) is 10.2. The highest BCUT2D eigenvalue weighted by molar-refractivity contribution is 7.09. The van der Waals surface area contributed by atoms with E-state index in [9.17, 15) is 0 Å². The molecule has 2 rings (SSSR count). The fraction of sp³-hybridized carbons (Fsp3) is 0.750. The molecule has 90 valence electrons. The number of hydrogen-bond acceptors (Lipinski definition) is 4. The zero-order valence-corrected chi connectivity index (χ0v) is 11.1. The molecule has 1 aliphatic heterocycles. The Labute approximate surface area is 101 Å². The highest BCUT2D eigenvalue weighted by Crippen LogP contribution is 2.23.